The maximum absolute atomic E-state index is 12.2. The fraction of sp³-hybridized carbons (Fsp3) is 0.444. The molecule has 0 saturated heterocycles. The summed E-state index contributed by atoms with van der Waals surface area (Å²) in [5, 5.41) is 11.0. The van der Waals surface area contributed by atoms with Crippen molar-refractivity contribution in [3.05, 3.63) is 35.9 Å². The summed E-state index contributed by atoms with van der Waals surface area (Å²) in [7, 11) is 0. The third-order valence-electron chi connectivity index (χ3n) is 3.78. The summed E-state index contributed by atoms with van der Waals surface area (Å²) in [5.74, 6) is -0.721. The number of nitrogens with one attached hydrogen (secondary N) is 2. The lowest BCUT2D eigenvalue weighted by molar-refractivity contribution is -0.133. The van der Waals surface area contributed by atoms with Crippen LogP contribution in [0.2, 0.25) is 0 Å². The van der Waals surface area contributed by atoms with E-state index in [1.165, 1.54) is 5.01 Å². The lowest BCUT2D eigenvalue weighted by Crippen LogP contribution is -2.37. The first-order valence-electron chi connectivity index (χ1n) is 8.56. The third-order valence-corrected chi connectivity index (χ3v) is 3.78. The van der Waals surface area contributed by atoms with Crippen LogP contribution in [0.3, 0.4) is 0 Å². The molecule has 0 fully saturated rings. The standard InChI is InChI=1S/C18H24N4O3/c1-2-11-19-17(24)13-20-16(23)8-9-18(25)22-12-10-15(21-22)14-6-4-3-5-7-14/h3-7H,2,8-13H2,1H3,(H,19,24)(H,20,23). The van der Waals surface area contributed by atoms with Crippen LogP contribution in [0.1, 0.15) is 38.2 Å². The van der Waals surface area contributed by atoms with Gasteiger partial charge < -0.3 is 10.6 Å². The van der Waals surface area contributed by atoms with Gasteiger partial charge >= 0.3 is 0 Å². The molecule has 0 bridgehead atoms. The molecule has 0 saturated carbocycles. The van der Waals surface area contributed by atoms with Crippen molar-refractivity contribution in [3.8, 4) is 0 Å². The van der Waals surface area contributed by atoms with Crippen LogP contribution in [0, 0.1) is 0 Å². The van der Waals surface area contributed by atoms with Gasteiger partial charge in [-0.3, -0.25) is 14.4 Å². The third kappa shape index (κ3) is 6.02. The Bertz CT molecular complexity index is 643. The van der Waals surface area contributed by atoms with Gasteiger partial charge in [0.15, 0.2) is 0 Å². The Morgan fingerprint density at radius 1 is 1.08 bits per heavy atom. The summed E-state index contributed by atoms with van der Waals surface area (Å²) in [5.41, 5.74) is 1.89. The fourth-order valence-electron chi connectivity index (χ4n) is 2.41. The number of rotatable bonds is 8. The molecule has 1 aliphatic heterocycles. The Labute approximate surface area is 147 Å². The Morgan fingerprint density at radius 2 is 1.84 bits per heavy atom. The summed E-state index contributed by atoms with van der Waals surface area (Å²) in [6.07, 6.45) is 1.68. The van der Waals surface area contributed by atoms with Gasteiger partial charge in [0.25, 0.3) is 0 Å². The molecular formula is C18H24N4O3. The molecule has 0 spiro atoms. The number of amides is 3. The van der Waals surface area contributed by atoms with Crippen LogP contribution in [0.15, 0.2) is 35.4 Å². The summed E-state index contributed by atoms with van der Waals surface area (Å²) in [4.78, 5) is 35.3. The van der Waals surface area contributed by atoms with E-state index in [9.17, 15) is 14.4 Å². The van der Waals surface area contributed by atoms with Crippen molar-refractivity contribution < 1.29 is 14.4 Å². The summed E-state index contributed by atoms with van der Waals surface area (Å²) in [6, 6.07) is 9.73. The topological polar surface area (TPSA) is 90.9 Å². The zero-order valence-corrected chi connectivity index (χ0v) is 14.5. The van der Waals surface area contributed by atoms with Crippen molar-refractivity contribution in [2.75, 3.05) is 19.6 Å². The minimum Gasteiger partial charge on any atom is -0.355 e. The predicted octanol–water partition coefficient (Wildman–Crippen LogP) is 1.05. The van der Waals surface area contributed by atoms with Crippen LogP contribution in [-0.2, 0) is 14.4 Å². The second kappa shape index (κ2) is 9.56. The molecule has 3 amide bonds. The highest BCUT2D eigenvalue weighted by atomic mass is 16.2. The van der Waals surface area contributed by atoms with Gasteiger partial charge in [0, 0.05) is 25.8 Å². The van der Waals surface area contributed by atoms with Crippen LogP contribution in [0.5, 0.6) is 0 Å². The fourth-order valence-corrected chi connectivity index (χ4v) is 2.41. The molecule has 0 aromatic heterocycles. The largest absolute Gasteiger partial charge is 0.355 e. The van der Waals surface area contributed by atoms with E-state index in [1.807, 2.05) is 37.3 Å². The van der Waals surface area contributed by atoms with Crippen molar-refractivity contribution in [2.24, 2.45) is 5.10 Å². The van der Waals surface area contributed by atoms with Gasteiger partial charge in [-0.05, 0) is 12.0 Å². The van der Waals surface area contributed by atoms with E-state index in [-0.39, 0.29) is 37.1 Å². The van der Waals surface area contributed by atoms with Gasteiger partial charge in [-0.25, -0.2) is 5.01 Å². The van der Waals surface area contributed by atoms with Crippen molar-refractivity contribution in [2.45, 2.75) is 32.6 Å². The van der Waals surface area contributed by atoms with Crippen LogP contribution < -0.4 is 10.6 Å². The van der Waals surface area contributed by atoms with Crippen molar-refractivity contribution in [1.82, 2.24) is 15.6 Å². The molecule has 1 aromatic rings. The molecule has 1 aliphatic rings. The summed E-state index contributed by atoms with van der Waals surface area (Å²) >= 11 is 0. The molecule has 7 nitrogen and oxygen atoms in total. The van der Waals surface area contributed by atoms with Crippen LogP contribution >= 0.6 is 0 Å². The molecular weight excluding hydrogens is 320 g/mol. The highest BCUT2D eigenvalue weighted by Crippen LogP contribution is 2.14. The predicted molar refractivity (Wildman–Crippen MR) is 94.9 cm³/mol. The molecule has 7 heteroatoms. The maximum Gasteiger partial charge on any atom is 0.243 e. The van der Waals surface area contributed by atoms with E-state index < -0.39 is 0 Å². The minimum atomic E-state index is -0.313. The molecule has 134 valence electrons. The second-order valence-corrected chi connectivity index (χ2v) is 5.81. The van der Waals surface area contributed by atoms with E-state index in [0.29, 0.717) is 19.5 Å². The lowest BCUT2D eigenvalue weighted by Gasteiger charge is -2.11. The monoisotopic (exact) mass is 344 g/mol. The van der Waals surface area contributed by atoms with Crippen LogP contribution in [0.25, 0.3) is 0 Å². The van der Waals surface area contributed by atoms with E-state index in [0.717, 1.165) is 17.7 Å². The molecule has 1 heterocycles. The number of nitrogens with zero attached hydrogens (tertiary/aromatic N) is 2. The number of carbonyl (C=O) groups excluding carboxylic acids is 3. The quantitative estimate of drug-likeness (QED) is 0.738. The second-order valence-electron chi connectivity index (χ2n) is 5.81. The summed E-state index contributed by atoms with van der Waals surface area (Å²) in [6.45, 7) is 3.01. The van der Waals surface area contributed by atoms with Crippen molar-refractivity contribution in [1.29, 1.82) is 0 Å². The van der Waals surface area contributed by atoms with E-state index in [2.05, 4.69) is 15.7 Å². The first-order valence-corrected chi connectivity index (χ1v) is 8.56. The number of benzene rings is 1. The molecule has 1 aromatic carbocycles. The lowest BCUT2D eigenvalue weighted by atomic mass is 10.1. The molecule has 0 aliphatic carbocycles. The Balaban J connectivity index is 1.73. The maximum atomic E-state index is 12.2. The number of hydrogen-bond acceptors (Lipinski definition) is 4. The van der Waals surface area contributed by atoms with E-state index in [1.54, 1.807) is 0 Å². The van der Waals surface area contributed by atoms with E-state index >= 15 is 0 Å². The average molecular weight is 344 g/mol. The van der Waals surface area contributed by atoms with Gasteiger partial charge in [0.2, 0.25) is 17.7 Å². The van der Waals surface area contributed by atoms with Crippen molar-refractivity contribution >= 4 is 23.4 Å². The highest BCUT2D eigenvalue weighted by Gasteiger charge is 2.21. The number of hydrogen-bond donors (Lipinski definition) is 2. The highest BCUT2D eigenvalue weighted by molar-refractivity contribution is 6.02. The Kier molecular flexibility index (Phi) is 7.13. The van der Waals surface area contributed by atoms with E-state index in [4.69, 9.17) is 0 Å². The average Bonchev–Trinajstić information content (AvgIpc) is 3.13. The smallest absolute Gasteiger partial charge is 0.243 e. The van der Waals surface area contributed by atoms with Gasteiger partial charge in [0.05, 0.1) is 18.8 Å². The van der Waals surface area contributed by atoms with Crippen LogP contribution in [-0.4, -0.2) is 48.1 Å². The molecule has 25 heavy (non-hydrogen) atoms. The van der Waals surface area contributed by atoms with Crippen LogP contribution in [0.4, 0.5) is 0 Å². The zero-order valence-electron chi connectivity index (χ0n) is 14.5. The SMILES string of the molecule is CCCNC(=O)CNC(=O)CCC(=O)N1CCC(c2ccccc2)=N1. The molecule has 2 rings (SSSR count). The van der Waals surface area contributed by atoms with Gasteiger partial charge in [0.1, 0.15) is 0 Å². The molecule has 0 radical (unpaired) electrons. The zero-order chi connectivity index (χ0) is 18.1. The summed E-state index contributed by atoms with van der Waals surface area (Å²) < 4.78 is 0. The first-order chi connectivity index (χ1) is 12.1. The molecule has 2 N–H and O–H groups in total. The normalized spacial score (nSPS) is 13.3. The molecule has 0 unspecified atom stereocenters. The first kappa shape index (κ1) is 18.6. The Hall–Kier alpha value is -2.70. The Morgan fingerprint density at radius 3 is 2.56 bits per heavy atom. The van der Waals surface area contributed by atoms with Gasteiger partial charge in [-0.15, -0.1) is 0 Å². The number of hydrazone groups is 1. The van der Waals surface area contributed by atoms with Gasteiger partial charge in [-0.2, -0.15) is 5.10 Å². The minimum absolute atomic E-state index is 0.0482. The van der Waals surface area contributed by atoms with Crippen molar-refractivity contribution in [3.63, 3.8) is 0 Å². The van der Waals surface area contributed by atoms with Gasteiger partial charge in [-0.1, -0.05) is 37.3 Å². The number of carbonyl (C=O) groups is 3. The molecule has 0 atom stereocenters.